The van der Waals surface area contributed by atoms with E-state index in [1.54, 1.807) is 12.3 Å². The zero-order valence-corrected chi connectivity index (χ0v) is 28.5. The van der Waals surface area contributed by atoms with Crippen molar-refractivity contribution in [1.29, 1.82) is 0 Å². The highest BCUT2D eigenvalue weighted by Crippen LogP contribution is 2.41. The van der Waals surface area contributed by atoms with Gasteiger partial charge in [-0.3, -0.25) is 4.79 Å². The number of piperidine rings is 1. The first kappa shape index (κ1) is 33.9. The summed E-state index contributed by atoms with van der Waals surface area (Å²) in [5.74, 6) is 2.50. The number of ether oxygens (including phenoxy) is 3. The maximum Gasteiger partial charge on any atom is 0.251 e. The molecular weight excluding hydrogens is 625 g/mol. The van der Waals surface area contributed by atoms with E-state index in [2.05, 4.69) is 26.2 Å². The lowest BCUT2D eigenvalue weighted by atomic mass is 9.94. The van der Waals surface area contributed by atoms with Crippen LogP contribution in [0.2, 0.25) is 0 Å². The molecule has 1 atom stereocenters. The Labute approximate surface area is 286 Å². The average Bonchev–Trinajstić information content (AvgIpc) is 3.77. The Kier molecular flexibility index (Phi) is 10.7. The predicted molar refractivity (Wildman–Crippen MR) is 188 cm³/mol. The number of carbonyl (C=O) groups is 1. The summed E-state index contributed by atoms with van der Waals surface area (Å²) in [5, 5.41) is 6.84. The molecule has 5 aromatic rings. The van der Waals surface area contributed by atoms with Crippen LogP contribution < -0.4 is 24.8 Å². The molecule has 1 aliphatic rings. The van der Waals surface area contributed by atoms with Crippen LogP contribution in [0.25, 0.3) is 11.0 Å². The Morgan fingerprint density at radius 2 is 1.76 bits per heavy atom. The Hall–Kier alpha value is -5.03. The minimum absolute atomic E-state index is 0.00995. The van der Waals surface area contributed by atoms with E-state index in [4.69, 9.17) is 23.6 Å². The summed E-state index contributed by atoms with van der Waals surface area (Å²) in [7, 11) is 4.60. The number of nitrogens with zero attached hydrogens (tertiary/aromatic N) is 3. The Morgan fingerprint density at radius 3 is 2.45 bits per heavy atom. The van der Waals surface area contributed by atoms with Crippen molar-refractivity contribution in [3.8, 4) is 17.2 Å². The lowest BCUT2D eigenvalue weighted by molar-refractivity contribution is 0.0948. The van der Waals surface area contributed by atoms with Gasteiger partial charge in [-0.2, -0.15) is 0 Å². The number of carbonyl (C=O) groups excluding carboxylic acids is 1. The first-order valence-electron chi connectivity index (χ1n) is 16.7. The van der Waals surface area contributed by atoms with Crippen LogP contribution in [0.3, 0.4) is 0 Å². The number of rotatable bonds is 14. The number of hydrogen-bond acceptors (Lipinski definition) is 8. The highest BCUT2D eigenvalue weighted by atomic mass is 19.1. The largest absolute Gasteiger partial charge is 0.493 e. The van der Waals surface area contributed by atoms with Crippen molar-refractivity contribution in [2.45, 2.75) is 44.7 Å². The number of likely N-dealkylation sites (tertiary alicyclic amines) is 1. The molecule has 2 N–H and O–H groups in total. The van der Waals surface area contributed by atoms with Gasteiger partial charge in [0, 0.05) is 42.7 Å². The van der Waals surface area contributed by atoms with Crippen LogP contribution in [0.4, 0.5) is 10.3 Å². The fraction of sp³-hybridized carbons (Fsp3) is 0.368. The van der Waals surface area contributed by atoms with Crippen molar-refractivity contribution in [3.63, 3.8) is 0 Å². The normalized spacial score (nSPS) is 14.5. The number of halogens is 1. The first-order chi connectivity index (χ1) is 23.9. The molecule has 6 rings (SSSR count). The van der Waals surface area contributed by atoms with Crippen molar-refractivity contribution in [2.75, 3.05) is 52.8 Å². The second kappa shape index (κ2) is 15.5. The summed E-state index contributed by atoms with van der Waals surface area (Å²) in [6, 6.07) is 20.6. The van der Waals surface area contributed by atoms with E-state index in [1.165, 1.54) is 33.5 Å². The number of para-hydroxylation sites is 2. The number of anilines is 1. The fourth-order valence-corrected chi connectivity index (χ4v) is 6.69. The zero-order valence-electron chi connectivity index (χ0n) is 28.5. The number of hydrogen-bond donors (Lipinski definition) is 2. The van der Waals surface area contributed by atoms with Gasteiger partial charge in [0.2, 0.25) is 11.7 Å². The summed E-state index contributed by atoms with van der Waals surface area (Å²) in [5.41, 5.74) is 4.10. The second-order valence-corrected chi connectivity index (χ2v) is 12.4. The molecule has 0 spiro atoms. The molecule has 3 aromatic carbocycles. The van der Waals surface area contributed by atoms with E-state index in [0.29, 0.717) is 41.5 Å². The molecule has 10 nitrogen and oxygen atoms in total. The maximum absolute atomic E-state index is 13.9. The third kappa shape index (κ3) is 7.67. The number of furan rings is 1. The second-order valence-electron chi connectivity index (χ2n) is 12.4. The van der Waals surface area contributed by atoms with Crippen molar-refractivity contribution < 1.29 is 27.8 Å². The van der Waals surface area contributed by atoms with E-state index in [1.807, 2.05) is 49.4 Å². The average molecular weight is 670 g/mol. The Morgan fingerprint density at radius 1 is 1.00 bits per heavy atom. The number of aromatic nitrogens is 2. The van der Waals surface area contributed by atoms with Crippen LogP contribution in [0.5, 0.6) is 17.2 Å². The van der Waals surface area contributed by atoms with Gasteiger partial charge in [-0.25, -0.2) is 9.37 Å². The smallest absolute Gasteiger partial charge is 0.251 e. The minimum atomic E-state index is -0.285. The van der Waals surface area contributed by atoms with E-state index in [-0.39, 0.29) is 23.7 Å². The van der Waals surface area contributed by atoms with Gasteiger partial charge in [-0.1, -0.05) is 24.3 Å². The molecule has 1 fully saturated rings. The van der Waals surface area contributed by atoms with Crippen molar-refractivity contribution >= 4 is 22.9 Å². The fourth-order valence-electron chi connectivity index (χ4n) is 6.69. The summed E-state index contributed by atoms with van der Waals surface area (Å²) >= 11 is 0. The predicted octanol–water partition coefficient (Wildman–Crippen LogP) is 6.63. The van der Waals surface area contributed by atoms with Crippen LogP contribution in [0.15, 0.2) is 77.4 Å². The summed E-state index contributed by atoms with van der Waals surface area (Å²) in [4.78, 5) is 20.9. The zero-order chi connectivity index (χ0) is 34.3. The van der Waals surface area contributed by atoms with E-state index in [0.717, 1.165) is 67.2 Å². The molecule has 1 unspecified atom stereocenters. The van der Waals surface area contributed by atoms with Gasteiger partial charge in [0.05, 0.1) is 45.2 Å². The van der Waals surface area contributed by atoms with Gasteiger partial charge in [-0.15, -0.1) is 0 Å². The number of amides is 1. The molecule has 3 heterocycles. The molecule has 2 aromatic heterocycles. The third-order valence-corrected chi connectivity index (χ3v) is 9.44. The lowest BCUT2D eigenvalue weighted by Gasteiger charge is -2.33. The Balaban J connectivity index is 1.09. The lowest BCUT2D eigenvalue weighted by Crippen LogP contribution is -2.40. The van der Waals surface area contributed by atoms with Gasteiger partial charge in [0.15, 0.2) is 11.5 Å². The van der Waals surface area contributed by atoms with Crippen LogP contribution in [-0.2, 0) is 6.54 Å². The molecule has 1 saturated heterocycles. The number of benzene rings is 3. The molecule has 0 saturated carbocycles. The number of imidazole rings is 1. The summed E-state index contributed by atoms with van der Waals surface area (Å²) < 4.78 is 38.2. The molecule has 49 heavy (non-hydrogen) atoms. The van der Waals surface area contributed by atoms with Gasteiger partial charge in [0.1, 0.15) is 11.6 Å². The number of methoxy groups -OCH3 is 3. The van der Waals surface area contributed by atoms with Crippen LogP contribution in [-0.4, -0.2) is 73.9 Å². The van der Waals surface area contributed by atoms with E-state index in [9.17, 15) is 9.18 Å². The van der Waals surface area contributed by atoms with Gasteiger partial charge < -0.3 is 38.7 Å². The summed E-state index contributed by atoms with van der Waals surface area (Å²) in [6.07, 6.45) is 4.45. The topological polar surface area (TPSA) is 103 Å². The Bertz CT molecular complexity index is 1850. The van der Waals surface area contributed by atoms with Gasteiger partial charge in [0.25, 0.3) is 5.91 Å². The molecule has 0 aliphatic carbocycles. The van der Waals surface area contributed by atoms with Crippen molar-refractivity contribution in [2.24, 2.45) is 0 Å². The molecule has 11 heteroatoms. The van der Waals surface area contributed by atoms with Crippen LogP contribution in [0.1, 0.15) is 52.4 Å². The van der Waals surface area contributed by atoms with Crippen molar-refractivity contribution in [3.05, 3.63) is 101 Å². The highest BCUT2D eigenvalue weighted by Gasteiger charge is 2.25. The maximum atomic E-state index is 13.9. The molecular formula is C38H44FN5O5. The summed E-state index contributed by atoms with van der Waals surface area (Å²) in [6.45, 7) is 5.54. The van der Waals surface area contributed by atoms with Gasteiger partial charge in [-0.05, 0) is 80.8 Å². The van der Waals surface area contributed by atoms with E-state index < -0.39 is 0 Å². The molecule has 0 radical (unpaired) electrons. The minimum Gasteiger partial charge on any atom is -0.493 e. The first-order valence-corrected chi connectivity index (χ1v) is 16.7. The van der Waals surface area contributed by atoms with Crippen LogP contribution in [0, 0.1) is 12.7 Å². The molecule has 258 valence electrons. The van der Waals surface area contributed by atoms with E-state index >= 15 is 0 Å². The third-order valence-electron chi connectivity index (χ3n) is 9.44. The molecule has 0 bridgehead atoms. The highest BCUT2D eigenvalue weighted by molar-refractivity contribution is 5.97. The molecule has 1 amide bonds. The number of nitrogens with one attached hydrogen (secondary N) is 2. The van der Waals surface area contributed by atoms with Crippen molar-refractivity contribution in [1.82, 2.24) is 19.8 Å². The quantitative estimate of drug-likeness (QED) is 0.136. The number of fused-ring (bicyclic) bond motifs is 1. The van der Waals surface area contributed by atoms with Gasteiger partial charge >= 0.3 is 0 Å². The van der Waals surface area contributed by atoms with Crippen LogP contribution >= 0.6 is 0 Å². The molecule has 1 aliphatic heterocycles. The SMILES string of the molecule is COc1cc(C(=O)NCC(CCN2CCC(Nc3nc4ccccc4n3Cc3ccco3)CC2)c2ccc(F)cc2)c(C)c(OC)c1OC. The standard InChI is InChI=1S/C38H44FN5O5/c1-25-31(22-34(46-2)36(48-4)35(25)47-3)37(45)40-23-27(26-11-13-28(39)14-12-26)15-18-43-19-16-29(17-20-43)41-38-42-32-9-5-6-10-33(32)44(38)24-30-8-7-21-49-30/h5-14,21-22,27,29H,15-20,23-24H2,1-4H3,(H,40,45)(H,41,42). The monoisotopic (exact) mass is 669 g/mol.